The highest BCUT2D eigenvalue weighted by Crippen LogP contribution is 2.49. The molecule has 150 valence electrons. The van der Waals surface area contributed by atoms with Gasteiger partial charge in [-0.25, -0.2) is 4.79 Å². The standard InChI is InChI=1S/C23H35NO3/c1-5-6-7-8-9-16-24(21(26)27-22(2,3)4)18-23(14-15-23)20-12-10-19(17-25)11-13-20/h10-13,17H,5-9,14-16,18H2,1-4H3. The van der Waals surface area contributed by atoms with Crippen LogP contribution in [-0.2, 0) is 10.2 Å². The van der Waals surface area contributed by atoms with E-state index in [1.807, 2.05) is 49.9 Å². The fourth-order valence-electron chi connectivity index (χ4n) is 3.44. The molecule has 0 bridgehead atoms. The zero-order chi connectivity index (χ0) is 19.9. The molecular formula is C23H35NO3. The number of rotatable bonds is 10. The average Bonchev–Trinajstić information content (AvgIpc) is 3.40. The zero-order valence-electron chi connectivity index (χ0n) is 17.4. The van der Waals surface area contributed by atoms with Gasteiger partial charge in [0, 0.05) is 24.1 Å². The van der Waals surface area contributed by atoms with E-state index in [0.717, 1.165) is 38.5 Å². The summed E-state index contributed by atoms with van der Waals surface area (Å²) in [5.74, 6) is 0. The third-order valence-corrected chi connectivity index (χ3v) is 5.19. The monoisotopic (exact) mass is 373 g/mol. The first-order chi connectivity index (χ1) is 12.8. The topological polar surface area (TPSA) is 46.6 Å². The minimum atomic E-state index is -0.486. The molecule has 4 nitrogen and oxygen atoms in total. The molecule has 1 aliphatic carbocycles. The molecule has 1 aliphatic rings. The fraction of sp³-hybridized carbons (Fsp3) is 0.652. The van der Waals surface area contributed by atoms with Gasteiger partial charge in [-0.1, -0.05) is 56.9 Å². The van der Waals surface area contributed by atoms with Crippen LogP contribution < -0.4 is 0 Å². The van der Waals surface area contributed by atoms with E-state index in [4.69, 9.17) is 4.74 Å². The molecule has 0 aromatic heterocycles. The normalized spacial score (nSPS) is 15.3. The Hall–Kier alpha value is -1.84. The van der Waals surface area contributed by atoms with Crippen LogP contribution in [-0.4, -0.2) is 36.0 Å². The van der Waals surface area contributed by atoms with Crippen LogP contribution in [0.2, 0.25) is 0 Å². The molecule has 1 fully saturated rings. The maximum absolute atomic E-state index is 12.8. The number of aldehydes is 1. The Labute approximate surface area is 164 Å². The van der Waals surface area contributed by atoms with Crippen molar-refractivity contribution in [2.45, 2.75) is 83.7 Å². The maximum Gasteiger partial charge on any atom is 0.410 e. The van der Waals surface area contributed by atoms with E-state index in [-0.39, 0.29) is 11.5 Å². The predicted molar refractivity (Wildman–Crippen MR) is 109 cm³/mol. The molecule has 0 spiro atoms. The molecule has 4 heteroatoms. The molecule has 0 heterocycles. The number of hydrogen-bond acceptors (Lipinski definition) is 3. The molecule has 0 aliphatic heterocycles. The molecule has 2 rings (SSSR count). The summed E-state index contributed by atoms with van der Waals surface area (Å²) in [6.45, 7) is 9.38. The van der Waals surface area contributed by atoms with Crippen LogP contribution in [0.5, 0.6) is 0 Å². The Morgan fingerprint density at radius 3 is 2.26 bits per heavy atom. The summed E-state index contributed by atoms with van der Waals surface area (Å²) < 4.78 is 5.66. The summed E-state index contributed by atoms with van der Waals surface area (Å²) in [7, 11) is 0. The molecule has 1 aromatic carbocycles. The van der Waals surface area contributed by atoms with Crippen LogP contribution in [0.1, 0.15) is 88.6 Å². The fourth-order valence-corrected chi connectivity index (χ4v) is 3.44. The smallest absolute Gasteiger partial charge is 0.410 e. The largest absolute Gasteiger partial charge is 0.444 e. The van der Waals surface area contributed by atoms with Crippen molar-refractivity contribution in [3.8, 4) is 0 Å². The maximum atomic E-state index is 12.8. The number of carbonyl (C=O) groups excluding carboxylic acids is 2. The highest BCUT2D eigenvalue weighted by Gasteiger charge is 2.46. The van der Waals surface area contributed by atoms with Crippen molar-refractivity contribution in [2.24, 2.45) is 0 Å². The Balaban J connectivity index is 2.04. The van der Waals surface area contributed by atoms with Crippen LogP contribution in [0.25, 0.3) is 0 Å². The third kappa shape index (κ3) is 6.67. The molecule has 0 unspecified atom stereocenters. The highest BCUT2D eigenvalue weighted by atomic mass is 16.6. The molecule has 1 amide bonds. The van der Waals surface area contributed by atoms with Crippen molar-refractivity contribution in [1.29, 1.82) is 0 Å². The van der Waals surface area contributed by atoms with Gasteiger partial charge in [-0.2, -0.15) is 0 Å². The SMILES string of the molecule is CCCCCCCN(CC1(c2ccc(C=O)cc2)CC1)C(=O)OC(C)(C)C. The van der Waals surface area contributed by atoms with Crippen LogP contribution in [0, 0.1) is 0 Å². The summed E-state index contributed by atoms with van der Waals surface area (Å²) in [5.41, 5.74) is 1.43. The van der Waals surface area contributed by atoms with E-state index in [1.54, 1.807) is 0 Å². The first kappa shape index (κ1) is 21.5. The molecule has 1 saturated carbocycles. The summed E-state index contributed by atoms with van der Waals surface area (Å²) >= 11 is 0. The summed E-state index contributed by atoms with van der Waals surface area (Å²) in [6, 6.07) is 7.80. The second-order valence-corrected chi connectivity index (χ2v) is 8.84. The van der Waals surface area contributed by atoms with Crippen molar-refractivity contribution >= 4 is 12.4 Å². The van der Waals surface area contributed by atoms with Gasteiger partial charge in [-0.15, -0.1) is 0 Å². The second-order valence-electron chi connectivity index (χ2n) is 8.84. The molecule has 0 radical (unpaired) electrons. The lowest BCUT2D eigenvalue weighted by Crippen LogP contribution is -2.41. The van der Waals surface area contributed by atoms with Gasteiger partial charge >= 0.3 is 6.09 Å². The quantitative estimate of drug-likeness (QED) is 0.388. The average molecular weight is 374 g/mol. The molecule has 0 atom stereocenters. The van der Waals surface area contributed by atoms with Gasteiger partial charge < -0.3 is 9.64 Å². The third-order valence-electron chi connectivity index (χ3n) is 5.19. The Bertz CT molecular complexity index is 612. The minimum Gasteiger partial charge on any atom is -0.444 e. The molecular weight excluding hydrogens is 338 g/mol. The van der Waals surface area contributed by atoms with Gasteiger partial charge in [0.05, 0.1) is 0 Å². The van der Waals surface area contributed by atoms with Crippen LogP contribution in [0.15, 0.2) is 24.3 Å². The van der Waals surface area contributed by atoms with E-state index >= 15 is 0 Å². The number of ether oxygens (including phenoxy) is 1. The van der Waals surface area contributed by atoms with E-state index in [0.29, 0.717) is 12.1 Å². The van der Waals surface area contributed by atoms with Crippen molar-refractivity contribution in [1.82, 2.24) is 4.90 Å². The van der Waals surface area contributed by atoms with E-state index in [9.17, 15) is 9.59 Å². The number of benzene rings is 1. The molecule has 0 saturated heterocycles. The Kier molecular flexibility index (Phi) is 7.46. The first-order valence-electron chi connectivity index (χ1n) is 10.3. The first-order valence-corrected chi connectivity index (χ1v) is 10.3. The van der Waals surface area contributed by atoms with E-state index in [2.05, 4.69) is 6.92 Å². The zero-order valence-corrected chi connectivity index (χ0v) is 17.4. The lowest BCUT2D eigenvalue weighted by molar-refractivity contribution is 0.0228. The Morgan fingerprint density at radius 2 is 1.74 bits per heavy atom. The van der Waals surface area contributed by atoms with E-state index < -0.39 is 5.60 Å². The lowest BCUT2D eigenvalue weighted by Gasteiger charge is -2.30. The lowest BCUT2D eigenvalue weighted by atomic mass is 9.94. The summed E-state index contributed by atoms with van der Waals surface area (Å²) in [5, 5.41) is 0. The number of hydrogen-bond donors (Lipinski definition) is 0. The van der Waals surface area contributed by atoms with Crippen molar-refractivity contribution < 1.29 is 14.3 Å². The van der Waals surface area contributed by atoms with Crippen molar-refractivity contribution in [3.05, 3.63) is 35.4 Å². The van der Waals surface area contributed by atoms with E-state index in [1.165, 1.54) is 24.8 Å². The number of unbranched alkanes of at least 4 members (excludes halogenated alkanes) is 4. The van der Waals surface area contributed by atoms with Gasteiger partial charge in [0.1, 0.15) is 11.9 Å². The van der Waals surface area contributed by atoms with Gasteiger partial charge in [0.15, 0.2) is 0 Å². The Morgan fingerprint density at radius 1 is 1.11 bits per heavy atom. The second kappa shape index (κ2) is 9.38. The molecule has 27 heavy (non-hydrogen) atoms. The van der Waals surface area contributed by atoms with Crippen molar-refractivity contribution in [3.63, 3.8) is 0 Å². The van der Waals surface area contributed by atoms with Crippen molar-refractivity contribution in [2.75, 3.05) is 13.1 Å². The molecule has 0 N–H and O–H groups in total. The number of amides is 1. The predicted octanol–water partition coefficient (Wildman–Crippen LogP) is 5.74. The number of carbonyl (C=O) groups is 2. The van der Waals surface area contributed by atoms with Gasteiger partial charge in [0.2, 0.25) is 0 Å². The summed E-state index contributed by atoms with van der Waals surface area (Å²) in [6.07, 6.45) is 8.64. The van der Waals surface area contributed by atoms with Gasteiger partial charge in [-0.05, 0) is 45.6 Å². The van der Waals surface area contributed by atoms with Gasteiger partial charge in [0.25, 0.3) is 0 Å². The van der Waals surface area contributed by atoms with Crippen LogP contribution in [0.4, 0.5) is 4.79 Å². The molecule has 1 aromatic rings. The minimum absolute atomic E-state index is 0.0156. The highest BCUT2D eigenvalue weighted by molar-refractivity contribution is 5.74. The van der Waals surface area contributed by atoms with Gasteiger partial charge in [-0.3, -0.25) is 4.79 Å². The summed E-state index contributed by atoms with van der Waals surface area (Å²) in [4.78, 5) is 25.6. The number of nitrogens with zero attached hydrogens (tertiary/aromatic N) is 1. The van der Waals surface area contributed by atoms with Crippen LogP contribution in [0.3, 0.4) is 0 Å². The van der Waals surface area contributed by atoms with Crippen LogP contribution >= 0.6 is 0 Å².